The summed E-state index contributed by atoms with van der Waals surface area (Å²) in [6.45, 7) is 7.39. The van der Waals surface area contributed by atoms with Crippen molar-refractivity contribution < 1.29 is 0 Å². The Hall–Kier alpha value is -1.71. The van der Waals surface area contributed by atoms with Crippen LogP contribution in [0, 0.1) is 6.92 Å². The Morgan fingerprint density at radius 3 is 2.85 bits per heavy atom. The van der Waals surface area contributed by atoms with Gasteiger partial charge in [-0.25, -0.2) is 9.97 Å². The van der Waals surface area contributed by atoms with Gasteiger partial charge in [-0.15, -0.1) is 0 Å². The van der Waals surface area contributed by atoms with Crippen LogP contribution in [0.5, 0.6) is 0 Å². The highest BCUT2D eigenvalue weighted by Gasteiger charge is 2.01. The number of nitrogen functional groups attached to an aromatic ring is 1. The Morgan fingerprint density at radius 1 is 1.62 bits per heavy atom. The summed E-state index contributed by atoms with van der Waals surface area (Å²) < 4.78 is 0. The SMILES string of the molecule is C=C(C)C=Nc1c(C)ncnc1N. The van der Waals surface area contributed by atoms with Gasteiger partial charge >= 0.3 is 0 Å². The van der Waals surface area contributed by atoms with Crippen LogP contribution in [0.3, 0.4) is 0 Å². The second-order valence-electron chi connectivity index (χ2n) is 2.80. The number of aromatic nitrogens is 2. The summed E-state index contributed by atoms with van der Waals surface area (Å²) in [6.07, 6.45) is 3.06. The van der Waals surface area contributed by atoms with E-state index >= 15 is 0 Å². The highest BCUT2D eigenvalue weighted by molar-refractivity contribution is 5.81. The molecule has 0 saturated heterocycles. The van der Waals surface area contributed by atoms with Gasteiger partial charge < -0.3 is 5.73 Å². The van der Waals surface area contributed by atoms with E-state index in [1.165, 1.54) is 6.33 Å². The van der Waals surface area contributed by atoms with E-state index in [0.717, 1.165) is 11.3 Å². The fourth-order valence-corrected chi connectivity index (χ4v) is 0.820. The molecule has 0 unspecified atom stereocenters. The van der Waals surface area contributed by atoms with Crippen LogP contribution in [0.15, 0.2) is 23.5 Å². The average molecular weight is 176 g/mol. The van der Waals surface area contributed by atoms with E-state index in [1.807, 2.05) is 13.8 Å². The Balaban J connectivity index is 3.06. The minimum absolute atomic E-state index is 0.394. The van der Waals surface area contributed by atoms with Crippen LogP contribution in [-0.4, -0.2) is 16.2 Å². The van der Waals surface area contributed by atoms with Gasteiger partial charge in [0, 0.05) is 6.21 Å². The number of nitrogens with zero attached hydrogens (tertiary/aromatic N) is 3. The minimum Gasteiger partial charge on any atom is -0.382 e. The van der Waals surface area contributed by atoms with Gasteiger partial charge in [-0.05, 0) is 19.4 Å². The van der Waals surface area contributed by atoms with Gasteiger partial charge in [-0.3, -0.25) is 4.99 Å². The van der Waals surface area contributed by atoms with Gasteiger partial charge in [-0.2, -0.15) is 0 Å². The van der Waals surface area contributed by atoms with Crippen LogP contribution in [-0.2, 0) is 0 Å². The molecule has 0 spiro atoms. The molecule has 0 saturated carbocycles. The molecular formula is C9H12N4. The van der Waals surface area contributed by atoms with Crippen molar-refractivity contribution in [3.8, 4) is 0 Å². The third kappa shape index (κ3) is 2.37. The first-order valence-corrected chi connectivity index (χ1v) is 3.88. The largest absolute Gasteiger partial charge is 0.382 e. The highest BCUT2D eigenvalue weighted by atomic mass is 15.0. The maximum Gasteiger partial charge on any atom is 0.153 e. The summed E-state index contributed by atoms with van der Waals surface area (Å²) in [7, 11) is 0. The van der Waals surface area contributed by atoms with Crippen LogP contribution in [0.2, 0.25) is 0 Å². The monoisotopic (exact) mass is 176 g/mol. The lowest BCUT2D eigenvalue weighted by Crippen LogP contribution is -1.94. The first-order chi connectivity index (χ1) is 6.11. The van der Waals surface area contributed by atoms with E-state index in [-0.39, 0.29) is 0 Å². The number of hydrogen-bond acceptors (Lipinski definition) is 4. The minimum atomic E-state index is 0.394. The van der Waals surface area contributed by atoms with Crippen molar-refractivity contribution in [2.45, 2.75) is 13.8 Å². The normalized spacial score (nSPS) is 10.6. The molecule has 13 heavy (non-hydrogen) atoms. The fraction of sp³-hybridized carbons (Fsp3) is 0.222. The molecule has 0 atom stereocenters. The molecule has 68 valence electrons. The smallest absolute Gasteiger partial charge is 0.153 e. The second-order valence-corrected chi connectivity index (χ2v) is 2.80. The molecule has 1 aromatic heterocycles. The van der Waals surface area contributed by atoms with E-state index in [4.69, 9.17) is 5.73 Å². The van der Waals surface area contributed by atoms with Crippen molar-refractivity contribution in [3.63, 3.8) is 0 Å². The summed E-state index contributed by atoms with van der Waals surface area (Å²) in [5, 5.41) is 0. The maximum atomic E-state index is 5.61. The molecule has 0 aliphatic heterocycles. The number of hydrogen-bond donors (Lipinski definition) is 1. The Bertz CT molecular complexity index is 334. The molecular weight excluding hydrogens is 164 g/mol. The lowest BCUT2D eigenvalue weighted by Gasteiger charge is -2.00. The van der Waals surface area contributed by atoms with Gasteiger partial charge in [0.2, 0.25) is 0 Å². The quantitative estimate of drug-likeness (QED) is 0.697. The lowest BCUT2D eigenvalue weighted by molar-refractivity contribution is 1.10. The van der Waals surface area contributed by atoms with Gasteiger partial charge in [0.05, 0.1) is 5.69 Å². The van der Waals surface area contributed by atoms with E-state index in [2.05, 4.69) is 21.5 Å². The molecule has 0 amide bonds. The molecule has 0 aliphatic carbocycles. The zero-order chi connectivity index (χ0) is 9.84. The summed E-state index contributed by atoms with van der Waals surface area (Å²) in [6, 6.07) is 0. The van der Waals surface area contributed by atoms with Crippen molar-refractivity contribution in [1.29, 1.82) is 0 Å². The molecule has 0 aromatic carbocycles. The number of allylic oxidation sites excluding steroid dienone is 1. The molecule has 0 fully saturated rings. The molecule has 0 aliphatic rings. The predicted molar refractivity (Wildman–Crippen MR) is 54.1 cm³/mol. The van der Waals surface area contributed by atoms with Crippen molar-refractivity contribution in [1.82, 2.24) is 9.97 Å². The van der Waals surface area contributed by atoms with Gasteiger partial charge in [0.15, 0.2) is 5.82 Å². The topological polar surface area (TPSA) is 64.2 Å². The molecule has 4 heteroatoms. The third-order valence-electron chi connectivity index (χ3n) is 1.45. The summed E-state index contributed by atoms with van der Waals surface area (Å²) in [5.41, 5.74) is 7.86. The van der Waals surface area contributed by atoms with Crippen LogP contribution < -0.4 is 5.73 Å². The molecule has 2 N–H and O–H groups in total. The standard InChI is InChI=1S/C9H12N4/c1-6(2)4-11-8-7(3)12-5-13-9(8)10/h4-5H,1H2,2-3H3,(H2,10,12,13). The summed E-state index contributed by atoms with van der Waals surface area (Å²) >= 11 is 0. The predicted octanol–water partition coefficient (Wildman–Crippen LogP) is 1.65. The molecule has 0 radical (unpaired) electrons. The number of aryl methyl sites for hydroxylation is 1. The summed E-state index contributed by atoms with van der Waals surface area (Å²) in [4.78, 5) is 12.0. The number of anilines is 1. The van der Waals surface area contributed by atoms with Crippen LogP contribution in [0.4, 0.5) is 11.5 Å². The molecule has 0 bridgehead atoms. The second kappa shape index (κ2) is 3.80. The Kier molecular flexibility index (Phi) is 2.74. The number of nitrogens with two attached hydrogens (primary N) is 1. The van der Waals surface area contributed by atoms with Gasteiger partial charge in [-0.1, -0.05) is 6.58 Å². The lowest BCUT2D eigenvalue weighted by atomic mass is 10.3. The molecule has 1 rings (SSSR count). The van der Waals surface area contributed by atoms with Crippen LogP contribution in [0.25, 0.3) is 0 Å². The van der Waals surface area contributed by atoms with Gasteiger partial charge in [0.25, 0.3) is 0 Å². The fourth-order valence-electron chi connectivity index (χ4n) is 0.820. The van der Waals surface area contributed by atoms with Crippen LogP contribution in [0.1, 0.15) is 12.6 Å². The van der Waals surface area contributed by atoms with Crippen molar-refractivity contribution in [3.05, 3.63) is 24.2 Å². The number of aliphatic imine (C=N–C) groups is 1. The zero-order valence-corrected chi connectivity index (χ0v) is 7.78. The van der Waals surface area contributed by atoms with E-state index in [0.29, 0.717) is 11.5 Å². The Morgan fingerprint density at radius 2 is 2.31 bits per heavy atom. The Labute approximate surface area is 77.2 Å². The van der Waals surface area contributed by atoms with Crippen molar-refractivity contribution >= 4 is 17.7 Å². The van der Waals surface area contributed by atoms with E-state index < -0.39 is 0 Å². The molecule has 4 nitrogen and oxygen atoms in total. The first-order valence-electron chi connectivity index (χ1n) is 3.88. The number of rotatable bonds is 2. The average Bonchev–Trinajstić information content (AvgIpc) is 2.03. The van der Waals surface area contributed by atoms with Crippen molar-refractivity contribution in [2.24, 2.45) is 4.99 Å². The van der Waals surface area contributed by atoms with E-state index in [9.17, 15) is 0 Å². The first kappa shape index (κ1) is 9.38. The maximum absolute atomic E-state index is 5.61. The highest BCUT2D eigenvalue weighted by Crippen LogP contribution is 2.21. The summed E-state index contributed by atoms with van der Waals surface area (Å²) in [5.74, 6) is 0.394. The van der Waals surface area contributed by atoms with Crippen LogP contribution >= 0.6 is 0 Å². The molecule has 1 heterocycles. The molecule has 1 aromatic rings. The van der Waals surface area contributed by atoms with Gasteiger partial charge in [0.1, 0.15) is 12.0 Å². The third-order valence-corrected chi connectivity index (χ3v) is 1.45. The van der Waals surface area contributed by atoms with E-state index in [1.54, 1.807) is 6.21 Å². The van der Waals surface area contributed by atoms with Crippen molar-refractivity contribution in [2.75, 3.05) is 5.73 Å². The zero-order valence-electron chi connectivity index (χ0n) is 7.78.